The van der Waals surface area contributed by atoms with E-state index in [-0.39, 0.29) is 6.10 Å². The Hall–Kier alpha value is 0.230. The van der Waals surface area contributed by atoms with Gasteiger partial charge in [0.1, 0.15) is 0 Å². The van der Waals surface area contributed by atoms with Gasteiger partial charge in [-0.25, -0.2) is 0 Å². The lowest BCUT2D eigenvalue weighted by Crippen LogP contribution is -2.42. The summed E-state index contributed by atoms with van der Waals surface area (Å²) in [5, 5.41) is 23.0. The quantitative estimate of drug-likeness (QED) is 0.622. The molecule has 0 heterocycles. The summed E-state index contributed by atoms with van der Waals surface area (Å²) in [6.07, 6.45) is 7.85. The van der Waals surface area contributed by atoms with E-state index < -0.39 is 5.60 Å². The van der Waals surface area contributed by atoms with Crippen LogP contribution in [0.25, 0.3) is 0 Å². The maximum absolute atomic E-state index is 9.95. The van der Waals surface area contributed by atoms with Crippen LogP contribution >= 0.6 is 11.8 Å². The molecule has 0 bridgehead atoms. The van der Waals surface area contributed by atoms with E-state index in [0.29, 0.717) is 13.1 Å². The van der Waals surface area contributed by atoms with E-state index in [2.05, 4.69) is 5.32 Å². The van der Waals surface area contributed by atoms with Gasteiger partial charge in [0.05, 0.1) is 11.7 Å². The van der Waals surface area contributed by atoms with Crippen molar-refractivity contribution in [3.63, 3.8) is 0 Å². The third-order valence-corrected chi connectivity index (χ3v) is 4.33. The summed E-state index contributed by atoms with van der Waals surface area (Å²) in [4.78, 5) is 0. The van der Waals surface area contributed by atoms with Gasteiger partial charge in [0.15, 0.2) is 0 Å². The van der Waals surface area contributed by atoms with Crippen molar-refractivity contribution >= 4 is 11.8 Å². The Morgan fingerprint density at radius 2 is 2.06 bits per heavy atom. The first-order valence-electron chi connectivity index (χ1n) is 6.63. The van der Waals surface area contributed by atoms with Crippen LogP contribution in [-0.2, 0) is 0 Å². The largest absolute Gasteiger partial charge is 0.392 e. The summed E-state index contributed by atoms with van der Waals surface area (Å²) < 4.78 is 0. The number of aliphatic hydroxyl groups is 2. The fourth-order valence-corrected chi connectivity index (χ4v) is 3.31. The SMILES string of the molecule is CSCC(C)(O)CNCC(O)CC1CCCC1. The van der Waals surface area contributed by atoms with E-state index in [9.17, 15) is 10.2 Å². The third kappa shape index (κ3) is 6.65. The van der Waals surface area contributed by atoms with Crippen LogP contribution in [0.1, 0.15) is 39.0 Å². The molecular weight excluding hydrogens is 234 g/mol. The molecule has 17 heavy (non-hydrogen) atoms. The number of aliphatic hydroxyl groups excluding tert-OH is 1. The average molecular weight is 261 g/mol. The second-order valence-corrected chi connectivity index (χ2v) is 6.47. The molecule has 0 aromatic carbocycles. The predicted molar refractivity (Wildman–Crippen MR) is 74.5 cm³/mol. The maximum atomic E-state index is 9.95. The van der Waals surface area contributed by atoms with Crippen molar-refractivity contribution in [2.24, 2.45) is 5.92 Å². The molecule has 1 saturated carbocycles. The molecule has 0 amide bonds. The molecule has 0 aromatic rings. The summed E-state index contributed by atoms with van der Waals surface area (Å²) >= 11 is 1.64. The monoisotopic (exact) mass is 261 g/mol. The molecule has 102 valence electrons. The van der Waals surface area contributed by atoms with Crippen LogP contribution in [0.5, 0.6) is 0 Å². The summed E-state index contributed by atoms with van der Waals surface area (Å²) in [5.74, 6) is 1.44. The van der Waals surface area contributed by atoms with Gasteiger partial charge in [-0.1, -0.05) is 25.7 Å². The lowest BCUT2D eigenvalue weighted by Gasteiger charge is -2.24. The van der Waals surface area contributed by atoms with Crippen LogP contribution in [0.15, 0.2) is 0 Å². The van der Waals surface area contributed by atoms with Crippen LogP contribution in [-0.4, -0.2) is 47.0 Å². The molecular formula is C13H27NO2S. The molecule has 3 N–H and O–H groups in total. The Kier molecular flexibility index (Phi) is 6.85. The molecule has 2 unspecified atom stereocenters. The maximum Gasteiger partial charge on any atom is 0.0833 e. The number of rotatable bonds is 8. The first kappa shape index (κ1) is 15.3. The van der Waals surface area contributed by atoms with Crippen molar-refractivity contribution in [1.82, 2.24) is 5.32 Å². The zero-order valence-corrected chi connectivity index (χ0v) is 11.9. The molecule has 3 nitrogen and oxygen atoms in total. The van der Waals surface area contributed by atoms with Gasteiger partial charge < -0.3 is 15.5 Å². The van der Waals surface area contributed by atoms with Gasteiger partial charge in [-0.2, -0.15) is 11.8 Å². The highest BCUT2D eigenvalue weighted by molar-refractivity contribution is 7.98. The summed E-state index contributed by atoms with van der Waals surface area (Å²) in [5.41, 5.74) is -0.674. The van der Waals surface area contributed by atoms with Crippen LogP contribution < -0.4 is 5.32 Å². The van der Waals surface area contributed by atoms with Crippen LogP contribution in [0.4, 0.5) is 0 Å². The molecule has 0 radical (unpaired) electrons. The van der Waals surface area contributed by atoms with Gasteiger partial charge in [0.2, 0.25) is 0 Å². The Bertz CT molecular complexity index is 206. The zero-order valence-electron chi connectivity index (χ0n) is 11.1. The zero-order chi connectivity index (χ0) is 12.7. The number of hydrogen-bond acceptors (Lipinski definition) is 4. The highest BCUT2D eigenvalue weighted by Gasteiger charge is 2.21. The van der Waals surface area contributed by atoms with Crippen molar-refractivity contribution in [3.05, 3.63) is 0 Å². The third-order valence-electron chi connectivity index (χ3n) is 3.42. The highest BCUT2D eigenvalue weighted by atomic mass is 32.2. The van der Waals surface area contributed by atoms with E-state index in [1.54, 1.807) is 11.8 Å². The molecule has 1 rings (SSSR count). The van der Waals surface area contributed by atoms with E-state index in [1.807, 2.05) is 13.2 Å². The highest BCUT2D eigenvalue weighted by Crippen LogP contribution is 2.28. The number of thioether (sulfide) groups is 1. The van der Waals surface area contributed by atoms with E-state index in [1.165, 1.54) is 25.7 Å². The molecule has 4 heteroatoms. The molecule has 0 spiro atoms. The standard InChI is InChI=1S/C13H27NO2S/c1-13(16,10-17-2)9-14-8-12(15)7-11-5-3-4-6-11/h11-12,14-16H,3-10H2,1-2H3. The van der Waals surface area contributed by atoms with Crippen LogP contribution in [0.3, 0.4) is 0 Å². The van der Waals surface area contributed by atoms with Gasteiger partial charge in [0, 0.05) is 18.8 Å². The van der Waals surface area contributed by atoms with Gasteiger partial charge in [-0.05, 0) is 25.5 Å². The van der Waals surface area contributed by atoms with Crippen molar-refractivity contribution in [3.8, 4) is 0 Å². The van der Waals surface area contributed by atoms with E-state index in [4.69, 9.17) is 0 Å². The van der Waals surface area contributed by atoms with Crippen molar-refractivity contribution < 1.29 is 10.2 Å². The van der Waals surface area contributed by atoms with Crippen LogP contribution in [0.2, 0.25) is 0 Å². The lowest BCUT2D eigenvalue weighted by atomic mass is 10.00. The first-order valence-corrected chi connectivity index (χ1v) is 8.03. The van der Waals surface area contributed by atoms with Gasteiger partial charge >= 0.3 is 0 Å². The van der Waals surface area contributed by atoms with Gasteiger partial charge in [0.25, 0.3) is 0 Å². The molecule has 1 aliphatic rings. The number of hydrogen-bond donors (Lipinski definition) is 3. The minimum atomic E-state index is -0.674. The number of nitrogens with one attached hydrogen (secondary N) is 1. The smallest absolute Gasteiger partial charge is 0.0833 e. The topological polar surface area (TPSA) is 52.5 Å². The van der Waals surface area contributed by atoms with Crippen molar-refractivity contribution in [1.29, 1.82) is 0 Å². The minimum absolute atomic E-state index is 0.261. The molecule has 0 aromatic heterocycles. The fourth-order valence-electron chi connectivity index (χ4n) is 2.58. The molecule has 0 saturated heterocycles. The van der Waals surface area contributed by atoms with E-state index >= 15 is 0 Å². The van der Waals surface area contributed by atoms with Gasteiger partial charge in [-0.15, -0.1) is 0 Å². The van der Waals surface area contributed by atoms with Crippen molar-refractivity contribution in [2.75, 3.05) is 25.1 Å². The summed E-state index contributed by atoms with van der Waals surface area (Å²) in [6.45, 7) is 2.98. The normalized spacial score (nSPS) is 22.6. The molecule has 1 fully saturated rings. The van der Waals surface area contributed by atoms with Crippen LogP contribution in [0, 0.1) is 5.92 Å². The lowest BCUT2D eigenvalue weighted by molar-refractivity contribution is 0.0759. The van der Waals surface area contributed by atoms with E-state index in [0.717, 1.165) is 18.1 Å². The summed E-state index contributed by atoms with van der Waals surface area (Å²) in [6, 6.07) is 0. The summed E-state index contributed by atoms with van der Waals surface area (Å²) in [7, 11) is 0. The second-order valence-electron chi connectivity index (χ2n) is 5.60. The minimum Gasteiger partial charge on any atom is -0.392 e. The first-order chi connectivity index (χ1) is 8.03. The predicted octanol–water partition coefficient (Wildman–Crippen LogP) is 1.63. The Morgan fingerprint density at radius 1 is 1.41 bits per heavy atom. The Morgan fingerprint density at radius 3 is 2.65 bits per heavy atom. The molecule has 0 aliphatic heterocycles. The fraction of sp³-hybridized carbons (Fsp3) is 1.00. The van der Waals surface area contributed by atoms with Crippen molar-refractivity contribution in [2.45, 2.75) is 50.7 Å². The molecule has 2 atom stereocenters. The average Bonchev–Trinajstić information content (AvgIpc) is 2.69. The Balaban J connectivity index is 2.08. The van der Waals surface area contributed by atoms with Gasteiger partial charge in [-0.3, -0.25) is 0 Å². The molecule has 1 aliphatic carbocycles. The Labute approximate surface area is 109 Å². The second kappa shape index (κ2) is 7.62.